The van der Waals surface area contributed by atoms with E-state index in [-0.39, 0.29) is 29.4 Å². The summed E-state index contributed by atoms with van der Waals surface area (Å²) in [6.45, 7) is 5.27. The van der Waals surface area contributed by atoms with Crippen LogP contribution in [-0.4, -0.2) is 90.8 Å². The fourth-order valence-corrected chi connectivity index (χ4v) is 5.23. The first-order valence-electron chi connectivity index (χ1n) is 9.00. The number of amides is 2. The summed E-state index contributed by atoms with van der Waals surface area (Å²) in [4.78, 5) is 38.2. The zero-order valence-corrected chi connectivity index (χ0v) is 16.7. The zero-order valence-electron chi connectivity index (χ0n) is 15.9. The van der Waals surface area contributed by atoms with Crippen LogP contribution in [0.25, 0.3) is 0 Å². The average Bonchev–Trinajstić information content (AvgIpc) is 2.99. The Morgan fingerprint density at radius 1 is 1.15 bits per heavy atom. The third-order valence-electron chi connectivity index (χ3n) is 5.15. The van der Waals surface area contributed by atoms with Gasteiger partial charge in [0.05, 0.1) is 11.5 Å². The lowest BCUT2D eigenvalue weighted by Crippen LogP contribution is -2.50. The highest BCUT2D eigenvalue weighted by atomic mass is 32.2. The van der Waals surface area contributed by atoms with Gasteiger partial charge in [-0.3, -0.25) is 9.59 Å². The maximum absolute atomic E-state index is 12.8. The van der Waals surface area contributed by atoms with Gasteiger partial charge in [-0.05, 0) is 19.4 Å². The predicted molar refractivity (Wildman–Crippen MR) is 100 cm³/mol. The van der Waals surface area contributed by atoms with Crippen LogP contribution >= 0.6 is 0 Å². The summed E-state index contributed by atoms with van der Waals surface area (Å²) in [5.41, 5.74) is 0.944. The number of aromatic nitrogens is 2. The van der Waals surface area contributed by atoms with Crippen LogP contribution < -0.4 is 4.90 Å². The van der Waals surface area contributed by atoms with Crippen molar-refractivity contribution in [1.29, 1.82) is 0 Å². The lowest BCUT2D eigenvalue weighted by atomic mass is 10.2. The second-order valence-electron chi connectivity index (χ2n) is 7.16. The normalized spacial score (nSPS) is 22.0. The highest BCUT2D eigenvalue weighted by Crippen LogP contribution is 2.21. The molecule has 0 spiro atoms. The van der Waals surface area contributed by atoms with Crippen molar-refractivity contribution in [3.63, 3.8) is 0 Å². The number of aryl methyl sites for hydroxylation is 1. The summed E-state index contributed by atoms with van der Waals surface area (Å²) in [5.74, 6) is 0.424. The topological polar surface area (TPSA) is 104 Å². The van der Waals surface area contributed by atoms with E-state index in [4.69, 9.17) is 0 Å². The molecular weight excluding hydrogens is 370 g/mol. The Morgan fingerprint density at radius 3 is 2.33 bits per heavy atom. The number of nitrogens with zero attached hydrogens (tertiary/aromatic N) is 5. The van der Waals surface area contributed by atoms with E-state index in [1.807, 2.05) is 0 Å². The molecule has 2 aliphatic heterocycles. The maximum atomic E-state index is 12.8. The van der Waals surface area contributed by atoms with E-state index in [1.165, 1.54) is 6.92 Å². The van der Waals surface area contributed by atoms with E-state index in [2.05, 4.69) is 9.97 Å². The molecule has 0 N–H and O–H groups in total. The van der Waals surface area contributed by atoms with Gasteiger partial charge in [0.15, 0.2) is 9.84 Å². The monoisotopic (exact) mass is 395 g/mol. The molecule has 1 unspecified atom stereocenters. The standard InChI is InChI=1S/C17H25N5O4S/c1-12-10-15(16(24)22-7-5-21(6-8-22)13(2)23)19-17(18-12)20(3)14-4-9-27(25,26)11-14/h10,14H,4-9,11H2,1-3H3. The molecular formula is C17H25N5O4S. The maximum Gasteiger partial charge on any atom is 0.272 e. The van der Waals surface area contributed by atoms with E-state index < -0.39 is 9.84 Å². The summed E-state index contributed by atoms with van der Waals surface area (Å²) in [5, 5.41) is 0. The molecule has 0 aliphatic carbocycles. The predicted octanol–water partition coefficient (Wildman–Crippen LogP) is -0.287. The van der Waals surface area contributed by atoms with Crippen molar-refractivity contribution in [3.05, 3.63) is 17.5 Å². The largest absolute Gasteiger partial charge is 0.340 e. The minimum atomic E-state index is -3.02. The third kappa shape index (κ3) is 4.37. The third-order valence-corrected chi connectivity index (χ3v) is 6.90. The van der Waals surface area contributed by atoms with Gasteiger partial charge in [-0.2, -0.15) is 0 Å². The molecule has 0 radical (unpaired) electrons. The summed E-state index contributed by atoms with van der Waals surface area (Å²) in [6, 6.07) is 1.46. The quantitative estimate of drug-likeness (QED) is 0.693. The van der Waals surface area contributed by atoms with E-state index in [0.29, 0.717) is 49.9 Å². The van der Waals surface area contributed by atoms with Crippen molar-refractivity contribution < 1.29 is 18.0 Å². The Morgan fingerprint density at radius 2 is 1.78 bits per heavy atom. The van der Waals surface area contributed by atoms with E-state index in [9.17, 15) is 18.0 Å². The number of hydrogen-bond donors (Lipinski definition) is 0. The van der Waals surface area contributed by atoms with Gasteiger partial charge in [-0.25, -0.2) is 18.4 Å². The zero-order chi connectivity index (χ0) is 19.8. The van der Waals surface area contributed by atoms with Crippen LogP contribution in [0.3, 0.4) is 0 Å². The first-order chi connectivity index (χ1) is 12.7. The van der Waals surface area contributed by atoms with Crippen LogP contribution in [0.1, 0.15) is 29.5 Å². The number of piperazine rings is 1. The summed E-state index contributed by atoms with van der Waals surface area (Å²) in [6.07, 6.45) is 0.534. The molecule has 1 atom stereocenters. The Hall–Kier alpha value is -2.23. The summed E-state index contributed by atoms with van der Waals surface area (Å²) in [7, 11) is -1.26. The van der Waals surface area contributed by atoms with Gasteiger partial charge in [0, 0.05) is 51.9 Å². The van der Waals surface area contributed by atoms with Crippen LogP contribution in [-0.2, 0) is 14.6 Å². The van der Waals surface area contributed by atoms with Crippen molar-refractivity contribution in [3.8, 4) is 0 Å². The van der Waals surface area contributed by atoms with Gasteiger partial charge in [0.25, 0.3) is 5.91 Å². The molecule has 0 bridgehead atoms. The molecule has 2 fully saturated rings. The van der Waals surface area contributed by atoms with Gasteiger partial charge < -0.3 is 14.7 Å². The molecule has 0 saturated carbocycles. The van der Waals surface area contributed by atoms with Crippen molar-refractivity contribution in [2.45, 2.75) is 26.3 Å². The highest BCUT2D eigenvalue weighted by molar-refractivity contribution is 7.91. The molecule has 2 amide bonds. The lowest BCUT2D eigenvalue weighted by Gasteiger charge is -2.34. The first kappa shape index (κ1) is 19.5. The van der Waals surface area contributed by atoms with Crippen molar-refractivity contribution in [1.82, 2.24) is 19.8 Å². The minimum absolute atomic E-state index is 0.00964. The molecule has 9 nitrogen and oxygen atoms in total. The minimum Gasteiger partial charge on any atom is -0.340 e. The van der Waals surface area contributed by atoms with Crippen molar-refractivity contribution >= 4 is 27.6 Å². The SMILES string of the molecule is CC(=O)N1CCN(C(=O)c2cc(C)nc(N(C)C3CCS(=O)(=O)C3)n2)CC1. The van der Waals surface area contributed by atoms with E-state index in [0.717, 1.165) is 0 Å². The van der Waals surface area contributed by atoms with Gasteiger partial charge in [-0.1, -0.05) is 0 Å². The van der Waals surface area contributed by atoms with Crippen LogP contribution in [0.2, 0.25) is 0 Å². The van der Waals surface area contributed by atoms with Crippen LogP contribution in [0, 0.1) is 6.92 Å². The lowest BCUT2D eigenvalue weighted by molar-refractivity contribution is -0.130. The second kappa shape index (κ2) is 7.41. The fraction of sp³-hybridized carbons (Fsp3) is 0.647. The molecule has 2 aliphatic rings. The molecule has 148 valence electrons. The Balaban J connectivity index is 1.75. The average molecular weight is 395 g/mol. The van der Waals surface area contributed by atoms with Crippen LogP contribution in [0.4, 0.5) is 5.95 Å². The molecule has 3 heterocycles. The van der Waals surface area contributed by atoms with Gasteiger partial charge in [-0.15, -0.1) is 0 Å². The summed E-state index contributed by atoms with van der Waals surface area (Å²) < 4.78 is 23.5. The molecule has 1 aromatic rings. The second-order valence-corrected chi connectivity index (χ2v) is 9.39. The van der Waals surface area contributed by atoms with Crippen LogP contribution in [0.15, 0.2) is 6.07 Å². The van der Waals surface area contributed by atoms with Gasteiger partial charge >= 0.3 is 0 Å². The van der Waals surface area contributed by atoms with Crippen molar-refractivity contribution in [2.75, 3.05) is 49.6 Å². The molecule has 1 aromatic heterocycles. The number of anilines is 1. The number of sulfone groups is 1. The van der Waals surface area contributed by atoms with Gasteiger partial charge in [0.2, 0.25) is 11.9 Å². The van der Waals surface area contributed by atoms with E-state index >= 15 is 0 Å². The van der Waals surface area contributed by atoms with Crippen molar-refractivity contribution in [2.24, 2.45) is 0 Å². The molecule has 0 aromatic carbocycles. The Kier molecular flexibility index (Phi) is 5.36. The van der Waals surface area contributed by atoms with Crippen LogP contribution in [0.5, 0.6) is 0 Å². The van der Waals surface area contributed by atoms with E-state index in [1.54, 1.807) is 34.7 Å². The molecule has 2 saturated heterocycles. The Labute approximate surface area is 159 Å². The number of rotatable bonds is 3. The number of hydrogen-bond acceptors (Lipinski definition) is 7. The van der Waals surface area contributed by atoms with Gasteiger partial charge in [0.1, 0.15) is 5.69 Å². The fourth-order valence-electron chi connectivity index (χ4n) is 3.45. The molecule has 10 heteroatoms. The smallest absolute Gasteiger partial charge is 0.272 e. The summed E-state index contributed by atoms with van der Waals surface area (Å²) >= 11 is 0. The Bertz CT molecular complexity index is 849. The number of carbonyl (C=O) groups excluding carboxylic acids is 2. The molecule has 3 rings (SSSR count). The first-order valence-corrected chi connectivity index (χ1v) is 10.8. The molecule has 27 heavy (non-hydrogen) atoms. The highest BCUT2D eigenvalue weighted by Gasteiger charge is 2.32. The number of carbonyl (C=O) groups is 2.